The van der Waals surface area contributed by atoms with Crippen LogP contribution in [0.1, 0.15) is 32.3 Å². The van der Waals surface area contributed by atoms with E-state index in [9.17, 15) is 9.90 Å². The number of aromatic nitrogens is 2. The number of ether oxygens (including phenoxy) is 1. The minimum atomic E-state index is -1.06. The second kappa shape index (κ2) is 8.39. The summed E-state index contributed by atoms with van der Waals surface area (Å²) in [6, 6.07) is 0. The van der Waals surface area contributed by atoms with Crippen LogP contribution in [0.25, 0.3) is 0 Å². The topological polar surface area (TPSA) is 90.8 Å². The lowest BCUT2D eigenvalue weighted by Gasteiger charge is -2.33. The minimum absolute atomic E-state index is 0.570. The summed E-state index contributed by atoms with van der Waals surface area (Å²) in [4.78, 5) is 25.4. The maximum atomic E-state index is 11.8. The zero-order chi connectivity index (χ0) is 19.4. The summed E-state index contributed by atoms with van der Waals surface area (Å²) < 4.78 is 5.44. The Labute approximate surface area is 160 Å². The highest BCUT2D eigenvalue weighted by Gasteiger charge is 2.35. The molecule has 0 radical (unpaired) electrons. The fourth-order valence-electron chi connectivity index (χ4n) is 3.53. The number of carbonyl (C=O) groups is 1. The van der Waals surface area contributed by atoms with Crippen LogP contribution < -0.4 is 10.2 Å². The van der Waals surface area contributed by atoms with Crippen LogP contribution in [0.4, 0.5) is 11.8 Å². The predicted octanol–water partition coefficient (Wildman–Crippen LogP) is 1.43. The Morgan fingerprint density at radius 2 is 1.96 bits per heavy atom. The van der Waals surface area contributed by atoms with Gasteiger partial charge in [-0.05, 0) is 52.7 Å². The third-order valence-electron chi connectivity index (χ3n) is 5.67. The molecule has 0 unspecified atom stereocenters. The lowest BCUT2D eigenvalue weighted by atomic mass is 9.85. The Hall–Kier alpha value is -1.93. The number of carboxylic acids is 1. The molecule has 2 saturated heterocycles. The zero-order valence-electron chi connectivity index (χ0n) is 16.6. The van der Waals surface area contributed by atoms with E-state index in [0.717, 1.165) is 19.6 Å². The van der Waals surface area contributed by atoms with Gasteiger partial charge in [-0.2, -0.15) is 4.98 Å². The van der Waals surface area contributed by atoms with Gasteiger partial charge < -0.3 is 25.0 Å². The quantitative estimate of drug-likeness (QED) is 0.769. The largest absolute Gasteiger partial charge is 0.481 e. The first-order valence-corrected chi connectivity index (χ1v) is 9.74. The number of piperidine rings is 1. The molecule has 0 atom stereocenters. The Kier molecular flexibility index (Phi) is 6.16. The zero-order valence-corrected chi connectivity index (χ0v) is 16.6. The molecular weight excluding hydrogens is 346 g/mol. The van der Waals surface area contributed by atoms with Crippen molar-refractivity contribution in [3.8, 4) is 0 Å². The standard InChI is InChI=1S/C19H31N5O3/c1-19(2,17(25)26)15-13-21-18(20-12-14-4-6-23(3)7-5-14)22-16(15)24-8-10-27-11-9-24/h13-14H,4-12H2,1-3H3,(H,25,26)(H,20,21,22). The van der Waals surface area contributed by atoms with Crippen molar-refractivity contribution in [2.45, 2.75) is 32.1 Å². The number of likely N-dealkylation sites (tertiary alicyclic amines) is 1. The molecule has 1 aromatic heterocycles. The maximum Gasteiger partial charge on any atom is 0.313 e. The SMILES string of the molecule is CN1CCC(CNc2ncc(C(C)(C)C(=O)O)c(N3CCOCC3)n2)CC1. The molecule has 2 fully saturated rings. The molecule has 3 rings (SSSR count). The van der Waals surface area contributed by atoms with E-state index in [1.165, 1.54) is 12.8 Å². The van der Waals surface area contributed by atoms with Crippen molar-refractivity contribution in [2.24, 2.45) is 5.92 Å². The molecule has 0 aliphatic carbocycles. The molecule has 27 heavy (non-hydrogen) atoms. The Morgan fingerprint density at radius 1 is 1.30 bits per heavy atom. The van der Waals surface area contributed by atoms with Crippen molar-refractivity contribution < 1.29 is 14.6 Å². The van der Waals surface area contributed by atoms with Crippen LogP contribution in [0.2, 0.25) is 0 Å². The van der Waals surface area contributed by atoms with E-state index in [0.29, 0.717) is 49.6 Å². The van der Waals surface area contributed by atoms with Crippen LogP contribution in [-0.4, -0.2) is 78.9 Å². The molecule has 0 amide bonds. The molecule has 150 valence electrons. The second-order valence-corrected chi connectivity index (χ2v) is 8.09. The van der Waals surface area contributed by atoms with Crippen LogP contribution >= 0.6 is 0 Å². The van der Waals surface area contributed by atoms with Gasteiger partial charge in [0.1, 0.15) is 5.82 Å². The molecule has 1 aromatic rings. The molecule has 8 nitrogen and oxygen atoms in total. The van der Waals surface area contributed by atoms with Crippen molar-refractivity contribution in [3.05, 3.63) is 11.8 Å². The van der Waals surface area contributed by atoms with Gasteiger partial charge >= 0.3 is 5.97 Å². The van der Waals surface area contributed by atoms with E-state index in [-0.39, 0.29) is 0 Å². The van der Waals surface area contributed by atoms with Crippen LogP contribution in [0.5, 0.6) is 0 Å². The number of aliphatic carboxylic acids is 1. The maximum absolute atomic E-state index is 11.8. The molecule has 2 aliphatic rings. The number of nitrogens with zero attached hydrogens (tertiary/aromatic N) is 4. The van der Waals surface area contributed by atoms with Gasteiger partial charge in [0, 0.05) is 31.4 Å². The molecule has 0 spiro atoms. The number of rotatable bonds is 6. The van der Waals surface area contributed by atoms with E-state index in [4.69, 9.17) is 9.72 Å². The highest BCUT2D eigenvalue weighted by Crippen LogP contribution is 2.32. The number of hydrogen-bond acceptors (Lipinski definition) is 7. The third-order valence-corrected chi connectivity index (χ3v) is 5.67. The van der Waals surface area contributed by atoms with Gasteiger partial charge in [0.15, 0.2) is 0 Å². The summed E-state index contributed by atoms with van der Waals surface area (Å²) in [7, 11) is 2.16. The summed E-state index contributed by atoms with van der Waals surface area (Å²) in [6.07, 6.45) is 4.01. The van der Waals surface area contributed by atoms with Crippen molar-refractivity contribution in [3.63, 3.8) is 0 Å². The lowest BCUT2D eigenvalue weighted by molar-refractivity contribution is -0.142. The van der Waals surface area contributed by atoms with Crippen molar-refractivity contribution >= 4 is 17.7 Å². The van der Waals surface area contributed by atoms with Gasteiger partial charge in [0.05, 0.1) is 18.6 Å². The normalized spacial score (nSPS) is 19.9. The second-order valence-electron chi connectivity index (χ2n) is 8.09. The van der Waals surface area contributed by atoms with E-state index in [2.05, 4.69) is 27.1 Å². The predicted molar refractivity (Wildman–Crippen MR) is 104 cm³/mol. The average molecular weight is 377 g/mol. The Bertz CT molecular complexity index is 653. The lowest BCUT2D eigenvalue weighted by Crippen LogP contribution is -2.40. The van der Waals surface area contributed by atoms with Crippen molar-refractivity contribution in [2.75, 3.05) is 63.2 Å². The molecule has 8 heteroatoms. The van der Waals surface area contributed by atoms with Gasteiger partial charge in [-0.25, -0.2) is 4.98 Å². The summed E-state index contributed by atoms with van der Waals surface area (Å²) in [5.41, 5.74) is -0.415. The summed E-state index contributed by atoms with van der Waals surface area (Å²) in [6.45, 7) is 9.13. The minimum Gasteiger partial charge on any atom is -0.481 e. The van der Waals surface area contributed by atoms with E-state index >= 15 is 0 Å². The number of morpholine rings is 1. The molecule has 0 aromatic carbocycles. The van der Waals surface area contributed by atoms with E-state index < -0.39 is 11.4 Å². The summed E-state index contributed by atoms with van der Waals surface area (Å²) in [5, 5.41) is 13.0. The van der Waals surface area contributed by atoms with E-state index in [1.54, 1.807) is 20.0 Å². The number of nitrogens with one attached hydrogen (secondary N) is 1. The fourth-order valence-corrected chi connectivity index (χ4v) is 3.53. The van der Waals surface area contributed by atoms with Crippen LogP contribution in [0, 0.1) is 5.92 Å². The van der Waals surface area contributed by atoms with Gasteiger partial charge in [0.25, 0.3) is 0 Å². The number of anilines is 2. The van der Waals surface area contributed by atoms with Gasteiger partial charge in [-0.3, -0.25) is 4.79 Å². The first-order chi connectivity index (χ1) is 12.9. The van der Waals surface area contributed by atoms with Crippen LogP contribution in [0.3, 0.4) is 0 Å². The smallest absolute Gasteiger partial charge is 0.313 e. The van der Waals surface area contributed by atoms with Gasteiger partial charge in [-0.1, -0.05) is 0 Å². The van der Waals surface area contributed by atoms with Gasteiger partial charge in [0.2, 0.25) is 5.95 Å². The molecule has 0 bridgehead atoms. The molecule has 0 saturated carbocycles. The molecule has 2 aliphatic heterocycles. The molecular formula is C19H31N5O3. The van der Waals surface area contributed by atoms with Gasteiger partial charge in [-0.15, -0.1) is 0 Å². The highest BCUT2D eigenvalue weighted by molar-refractivity contribution is 5.82. The molecule has 3 heterocycles. The average Bonchev–Trinajstić information content (AvgIpc) is 2.68. The fraction of sp³-hybridized carbons (Fsp3) is 0.737. The third kappa shape index (κ3) is 4.68. The van der Waals surface area contributed by atoms with Crippen molar-refractivity contribution in [1.82, 2.24) is 14.9 Å². The molecule has 2 N–H and O–H groups in total. The van der Waals surface area contributed by atoms with Crippen LogP contribution in [0.15, 0.2) is 6.20 Å². The highest BCUT2D eigenvalue weighted by atomic mass is 16.5. The van der Waals surface area contributed by atoms with Crippen molar-refractivity contribution in [1.29, 1.82) is 0 Å². The van der Waals surface area contributed by atoms with E-state index in [1.807, 2.05) is 0 Å². The Morgan fingerprint density at radius 3 is 2.59 bits per heavy atom. The number of hydrogen-bond donors (Lipinski definition) is 2. The monoisotopic (exact) mass is 377 g/mol. The number of carboxylic acid groups (broad SMARTS) is 1. The first-order valence-electron chi connectivity index (χ1n) is 9.74. The summed E-state index contributed by atoms with van der Waals surface area (Å²) in [5.74, 6) is 1.01. The first kappa shape index (κ1) is 19.8. The summed E-state index contributed by atoms with van der Waals surface area (Å²) >= 11 is 0. The Balaban J connectivity index is 1.78. The van der Waals surface area contributed by atoms with Crippen LogP contribution in [-0.2, 0) is 14.9 Å².